The standard InChI is InChI=1S/C23H20N2O2S/c1-16(17-8-3-2-4-9-17)24-23(26)20-15-28-22(25-20)14-27-21-13-7-11-18-10-5-6-12-19(18)21/h2-13,15-16H,14H2,1H3,(H,24,26). The molecule has 3 aromatic carbocycles. The highest BCUT2D eigenvalue weighted by atomic mass is 32.1. The zero-order valence-corrected chi connectivity index (χ0v) is 16.3. The van der Waals surface area contributed by atoms with Crippen LogP contribution in [0.4, 0.5) is 0 Å². The van der Waals surface area contributed by atoms with Crippen molar-refractivity contribution < 1.29 is 9.53 Å². The lowest BCUT2D eigenvalue weighted by molar-refractivity contribution is 0.0935. The molecule has 140 valence electrons. The minimum Gasteiger partial charge on any atom is -0.486 e. The fourth-order valence-corrected chi connectivity index (χ4v) is 3.72. The summed E-state index contributed by atoms with van der Waals surface area (Å²) >= 11 is 1.43. The highest BCUT2D eigenvalue weighted by molar-refractivity contribution is 7.09. The summed E-state index contributed by atoms with van der Waals surface area (Å²) in [6, 6.07) is 23.9. The Morgan fingerprint density at radius 3 is 2.64 bits per heavy atom. The maximum atomic E-state index is 12.5. The SMILES string of the molecule is CC(NC(=O)c1csc(COc2cccc3ccccc23)n1)c1ccccc1. The number of ether oxygens (including phenoxy) is 1. The summed E-state index contributed by atoms with van der Waals surface area (Å²) in [6.45, 7) is 2.30. The molecule has 0 fully saturated rings. The third-order valence-electron chi connectivity index (χ3n) is 4.53. The molecule has 1 aromatic heterocycles. The molecule has 0 radical (unpaired) electrons. The molecule has 1 unspecified atom stereocenters. The maximum Gasteiger partial charge on any atom is 0.271 e. The monoisotopic (exact) mass is 388 g/mol. The minimum absolute atomic E-state index is 0.0780. The smallest absolute Gasteiger partial charge is 0.271 e. The van der Waals surface area contributed by atoms with E-state index in [9.17, 15) is 4.79 Å². The topological polar surface area (TPSA) is 51.2 Å². The molecule has 0 aliphatic carbocycles. The molecule has 0 spiro atoms. The first-order chi connectivity index (χ1) is 13.7. The zero-order valence-electron chi connectivity index (χ0n) is 15.5. The predicted octanol–water partition coefficient (Wildman–Crippen LogP) is 5.37. The summed E-state index contributed by atoms with van der Waals surface area (Å²) in [5, 5.41) is 7.73. The highest BCUT2D eigenvalue weighted by Crippen LogP contribution is 2.26. The Bertz CT molecular complexity index is 1090. The Morgan fingerprint density at radius 1 is 1.04 bits per heavy atom. The molecular formula is C23H20N2O2S. The number of nitrogens with zero attached hydrogens (tertiary/aromatic N) is 1. The molecule has 4 rings (SSSR count). The van der Waals surface area contributed by atoms with Crippen LogP contribution in [0, 0.1) is 0 Å². The number of rotatable bonds is 6. The Kier molecular flexibility index (Phi) is 5.35. The minimum atomic E-state index is -0.177. The maximum absolute atomic E-state index is 12.5. The predicted molar refractivity (Wildman–Crippen MR) is 113 cm³/mol. The number of carbonyl (C=O) groups excluding carboxylic acids is 1. The summed E-state index contributed by atoms with van der Waals surface area (Å²) in [5.41, 5.74) is 1.48. The second kappa shape index (κ2) is 8.23. The number of aromatic nitrogens is 1. The number of thiazole rings is 1. The van der Waals surface area contributed by atoms with E-state index in [1.807, 2.05) is 67.6 Å². The van der Waals surface area contributed by atoms with Gasteiger partial charge in [0.05, 0.1) is 6.04 Å². The van der Waals surface area contributed by atoms with Crippen LogP contribution in [-0.2, 0) is 6.61 Å². The van der Waals surface area contributed by atoms with E-state index in [4.69, 9.17) is 4.74 Å². The molecule has 4 aromatic rings. The van der Waals surface area contributed by atoms with Gasteiger partial charge in [0.2, 0.25) is 0 Å². The van der Waals surface area contributed by atoms with E-state index in [1.165, 1.54) is 11.3 Å². The molecule has 1 amide bonds. The van der Waals surface area contributed by atoms with Crippen molar-refractivity contribution in [2.24, 2.45) is 0 Å². The first-order valence-electron chi connectivity index (χ1n) is 9.11. The van der Waals surface area contributed by atoms with Crippen LogP contribution in [0.1, 0.15) is 34.0 Å². The van der Waals surface area contributed by atoms with Gasteiger partial charge in [0.1, 0.15) is 23.1 Å². The molecule has 1 atom stereocenters. The van der Waals surface area contributed by atoms with Crippen LogP contribution in [-0.4, -0.2) is 10.9 Å². The van der Waals surface area contributed by atoms with Gasteiger partial charge in [-0.1, -0.05) is 66.7 Å². The van der Waals surface area contributed by atoms with Gasteiger partial charge in [-0.25, -0.2) is 4.98 Å². The Labute approximate surface area is 167 Å². The fourth-order valence-electron chi connectivity index (χ4n) is 3.04. The molecule has 0 bridgehead atoms. The first kappa shape index (κ1) is 18.2. The fraction of sp³-hybridized carbons (Fsp3) is 0.130. The molecule has 1 heterocycles. The Hall–Kier alpha value is -3.18. The van der Waals surface area contributed by atoms with Crippen LogP contribution in [0.15, 0.2) is 78.2 Å². The average Bonchev–Trinajstić information content (AvgIpc) is 3.22. The van der Waals surface area contributed by atoms with Crippen molar-refractivity contribution in [1.29, 1.82) is 0 Å². The lowest BCUT2D eigenvalue weighted by Gasteiger charge is -2.13. The third-order valence-corrected chi connectivity index (χ3v) is 5.35. The van der Waals surface area contributed by atoms with Gasteiger partial charge in [0.15, 0.2) is 0 Å². The number of nitrogens with one attached hydrogen (secondary N) is 1. The average molecular weight is 388 g/mol. The van der Waals surface area contributed by atoms with Crippen LogP contribution in [0.5, 0.6) is 5.75 Å². The lowest BCUT2D eigenvalue weighted by Crippen LogP contribution is -2.26. The quantitative estimate of drug-likeness (QED) is 0.483. The summed E-state index contributed by atoms with van der Waals surface area (Å²) < 4.78 is 5.97. The van der Waals surface area contributed by atoms with Gasteiger partial charge < -0.3 is 10.1 Å². The highest BCUT2D eigenvalue weighted by Gasteiger charge is 2.15. The van der Waals surface area contributed by atoms with Crippen LogP contribution in [0.2, 0.25) is 0 Å². The molecule has 0 aliphatic heterocycles. The van der Waals surface area contributed by atoms with Crippen molar-refractivity contribution in [3.05, 3.63) is 94.4 Å². The first-order valence-corrected chi connectivity index (χ1v) is 9.99. The van der Waals surface area contributed by atoms with Crippen molar-refractivity contribution in [2.75, 3.05) is 0 Å². The molecule has 1 N–H and O–H groups in total. The van der Waals surface area contributed by atoms with E-state index in [-0.39, 0.29) is 11.9 Å². The number of amides is 1. The second-order valence-corrected chi connectivity index (χ2v) is 7.44. The number of hydrogen-bond donors (Lipinski definition) is 1. The van der Waals surface area contributed by atoms with Gasteiger partial charge in [0, 0.05) is 10.8 Å². The van der Waals surface area contributed by atoms with Crippen LogP contribution in [0.3, 0.4) is 0 Å². The van der Waals surface area contributed by atoms with E-state index >= 15 is 0 Å². The molecular weight excluding hydrogens is 368 g/mol. The summed E-state index contributed by atoms with van der Waals surface area (Å²) in [4.78, 5) is 16.9. The van der Waals surface area contributed by atoms with Gasteiger partial charge in [-0.2, -0.15) is 0 Å². The lowest BCUT2D eigenvalue weighted by atomic mass is 10.1. The van der Waals surface area contributed by atoms with E-state index in [0.717, 1.165) is 27.1 Å². The van der Waals surface area contributed by atoms with Gasteiger partial charge in [-0.15, -0.1) is 11.3 Å². The largest absolute Gasteiger partial charge is 0.486 e. The molecule has 0 saturated heterocycles. The van der Waals surface area contributed by atoms with Crippen LogP contribution < -0.4 is 10.1 Å². The van der Waals surface area contributed by atoms with Crippen molar-refractivity contribution in [3.8, 4) is 5.75 Å². The van der Waals surface area contributed by atoms with Crippen molar-refractivity contribution in [2.45, 2.75) is 19.6 Å². The molecule has 0 saturated carbocycles. The third kappa shape index (κ3) is 4.05. The molecule has 5 heteroatoms. The Balaban J connectivity index is 1.41. The van der Waals surface area contributed by atoms with Gasteiger partial charge in [-0.3, -0.25) is 4.79 Å². The van der Waals surface area contributed by atoms with Gasteiger partial charge >= 0.3 is 0 Å². The van der Waals surface area contributed by atoms with Crippen LogP contribution >= 0.6 is 11.3 Å². The number of benzene rings is 3. The number of carbonyl (C=O) groups is 1. The van der Waals surface area contributed by atoms with Crippen molar-refractivity contribution in [3.63, 3.8) is 0 Å². The zero-order chi connectivity index (χ0) is 19.3. The molecule has 4 nitrogen and oxygen atoms in total. The molecule has 28 heavy (non-hydrogen) atoms. The van der Waals surface area contributed by atoms with E-state index in [1.54, 1.807) is 5.38 Å². The van der Waals surface area contributed by atoms with E-state index < -0.39 is 0 Å². The van der Waals surface area contributed by atoms with Crippen LogP contribution in [0.25, 0.3) is 10.8 Å². The van der Waals surface area contributed by atoms with E-state index in [0.29, 0.717) is 12.3 Å². The number of hydrogen-bond acceptors (Lipinski definition) is 4. The molecule has 0 aliphatic rings. The van der Waals surface area contributed by atoms with Crippen molar-refractivity contribution >= 4 is 28.0 Å². The summed E-state index contributed by atoms with van der Waals surface area (Å²) in [5.74, 6) is 0.640. The number of fused-ring (bicyclic) bond motifs is 1. The van der Waals surface area contributed by atoms with Gasteiger partial charge in [-0.05, 0) is 23.9 Å². The summed E-state index contributed by atoms with van der Waals surface area (Å²) in [7, 11) is 0. The Morgan fingerprint density at radius 2 is 1.79 bits per heavy atom. The summed E-state index contributed by atoms with van der Waals surface area (Å²) in [6.07, 6.45) is 0. The van der Waals surface area contributed by atoms with E-state index in [2.05, 4.69) is 22.4 Å². The normalized spacial score (nSPS) is 11.9. The van der Waals surface area contributed by atoms with Gasteiger partial charge in [0.25, 0.3) is 5.91 Å². The van der Waals surface area contributed by atoms with Crippen molar-refractivity contribution in [1.82, 2.24) is 10.3 Å². The second-order valence-electron chi connectivity index (χ2n) is 6.50.